The summed E-state index contributed by atoms with van der Waals surface area (Å²) in [4.78, 5) is 4.34. The maximum absolute atomic E-state index is 5.93. The van der Waals surface area contributed by atoms with Crippen LogP contribution in [0.4, 0.5) is 0 Å². The largest absolute Gasteiger partial charge is 0.370 e. The van der Waals surface area contributed by atoms with Crippen LogP contribution in [0.3, 0.4) is 0 Å². The lowest BCUT2D eigenvalue weighted by Gasteiger charge is -2.11. The number of nitrogens with two attached hydrogens (primary N) is 1. The molecule has 1 rings (SSSR count). The minimum Gasteiger partial charge on any atom is -0.370 e. The molecule has 1 aromatic rings. The molecular formula is C12H23N3O2. The van der Waals surface area contributed by atoms with E-state index in [4.69, 9.17) is 15.0 Å². The standard InChI is InChI=1S/C12H23N3O2/c1-4-7-9(13)12-14-11(15-17-12)10(8-5-2)16-6-3/h9-10H,4-8,13H2,1-3H3/t9-,10?/m1/s1. The van der Waals surface area contributed by atoms with Crippen molar-refractivity contribution in [1.29, 1.82) is 0 Å². The summed E-state index contributed by atoms with van der Waals surface area (Å²) >= 11 is 0. The number of hydrogen-bond acceptors (Lipinski definition) is 5. The van der Waals surface area contributed by atoms with Crippen molar-refractivity contribution in [2.45, 2.75) is 58.6 Å². The molecule has 1 heterocycles. The number of aromatic nitrogens is 2. The Balaban J connectivity index is 2.69. The number of nitrogens with zero attached hydrogens (tertiary/aromatic N) is 2. The molecule has 5 heteroatoms. The first-order valence-corrected chi connectivity index (χ1v) is 6.43. The minimum absolute atomic E-state index is 0.0728. The first kappa shape index (κ1) is 14.1. The van der Waals surface area contributed by atoms with E-state index < -0.39 is 0 Å². The third-order valence-electron chi connectivity index (χ3n) is 2.58. The molecule has 0 spiro atoms. The fourth-order valence-corrected chi connectivity index (χ4v) is 1.71. The Morgan fingerprint density at radius 2 is 1.94 bits per heavy atom. The Morgan fingerprint density at radius 3 is 2.53 bits per heavy atom. The molecule has 5 nitrogen and oxygen atoms in total. The van der Waals surface area contributed by atoms with Gasteiger partial charge in [0.25, 0.3) is 0 Å². The highest BCUT2D eigenvalue weighted by Gasteiger charge is 2.20. The van der Waals surface area contributed by atoms with Gasteiger partial charge in [0.1, 0.15) is 6.10 Å². The van der Waals surface area contributed by atoms with Crippen LogP contribution in [0.5, 0.6) is 0 Å². The smallest absolute Gasteiger partial charge is 0.243 e. The molecule has 2 atom stereocenters. The highest BCUT2D eigenvalue weighted by Crippen LogP contribution is 2.22. The fraction of sp³-hybridized carbons (Fsp3) is 0.833. The van der Waals surface area contributed by atoms with E-state index in [2.05, 4.69) is 24.0 Å². The molecule has 0 radical (unpaired) electrons. The van der Waals surface area contributed by atoms with Crippen molar-refractivity contribution in [3.8, 4) is 0 Å². The Labute approximate surface area is 103 Å². The van der Waals surface area contributed by atoms with Crippen LogP contribution in [0.2, 0.25) is 0 Å². The summed E-state index contributed by atoms with van der Waals surface area (Å²) in [5.74, 6) is 1.14. The van der Waals surface area contributed by atoms with E-state index in [0.29, 0.717) is 18.3 Å². The van der Waals surface area contributed by atoms with Gasteiger partial charge in [0.2, 0.25) is 11.7 Å². The molecule has 2 N–H and O–H groups in total. The zero-order valence-electron chi connectivity index (χ0n) is 11.0. The maximum atomic E-state index is 5.93. The molecule has 0 aliphatic heterocycles. The van der Waals surface area contributed by atoms with Crippen molar-refractivity contribution < 1.29 is 9.26 Å². The fourth-order valence-electron chi connectivity index (χ4n) is 1.71. The van der Waals surface area contributed by atoms with Gasteiger partial charge < -0.3 is 15.0 Å². The van der Waals surface area contributed by atoms with Crippen LogP contribution in [0.25, 0.3) is 0 Å². The van der Waals surface area contributed by atoms with Gasteiger partial charge in [0.05, 0.1) is 6.04 Å². The molecule has 0 saturated heterocycles. The molecule has 98 valence electrons. The lowest BCUT2D eigenvalue weighted by atomic mass is 10.2. The summed E-state index contributed by atoms with van der Waals surface area (Å²) in [5.41, 5.74) is 5.93. The second kappa shape index (κ2) is 7.40. The van der Waals surface area contributed by atoms with Crippen molar-refractivity contribution in [3.05, 3.63) is 11.7 Å². The van der Waals surface area contributed by atoms with Gasteiger partial charge in [-0.3, -0.25) is 0 Å². The summed E-state index contributed by atoms with van der Waals surface area (Å²) in [5, 5.41) is 3.97. The lowest BCUT2D eigenvalue weighted by molar-refractivity contribution is 0.0477. The first-order chi connectivity index (χ1) is 8.22. The molecule has 0 aromatic carbocycles. The molecule has 0 aliphatic rings. The van der Waals surface area contributed by atoms with Gasteiger partial charge >= 0.3 is 0 Å². The molecule has 1 unspecified atom stereocenters. The molecule has 17 heavy (non-hydrogen) atoms. The third-order valence-corrected chi connectivity index (χ3v) is 2.58. The van der Waals surface area contributed by atoms with Gasteiger partial charge in [0, 0.05) is 6.61 Å². The van der Waals surface area contributed by atoms with Crippen molar-refractivity contribution in [3.63, 3.8) is 0 Å². The Morgan fingerprint density at radius 1 is 1.24 bits per heavy atom. The van der Waals surface area contributed by atoms with Crippen LogP contribution in [0.1, 0.15) is 70.3 Å². The summed E-state index contributed by atoms with van der Waals surface area (Å²) in [6.45, 7) is 6.80. The molecule has 0 fully saturated rings. The summed E-state index contributed by atoms with van der Waals surface area (Å²) in [6, 6.07) is -0.162. The van der Waals surface area contributed by atoms with Gasteiger partial charge in [-0.15, -0.1) is 0 Å². The number of ether oxygens (including phenoxy) is 1. The maximum Gasteiger partial charge on any atom is 0.243 e. The molecule has 0 amide bonds. The van der Waals surface area contributed by atoms with E-state index in [9.17, 15) is 0 Å². The predicted octanol–water partition coefficient (Wildman–Crippen LogP) is 2.75. The van der Waals surface area contributed by atoms with E-state index in [-0.39, 0.29) is 12.1 Å². The zero-order valence-corrected chi connectivity index (χ0v) is 11.0. The second-order valence-corrected chi connectivity index (χ2v) is 4.12. The van der Waals surface area contributed by atoms with Gasteiger partial charge in [-0.1, -0.05) is 31.8 Å². The highest BCUT2D eigenvalue weighted by atomic mass is 16.5. The average Bonchev–Trinajstić information content (AvgIpc) is 2.78. The average molecular weight is 241 g/mol. The Kier molecular flexibility index (Phi) is 6.15. The van der Waals surface area contributed by atoms with Gasteiger partial charge in [0.15, 0.2) is 0 Å². The van der Waals surface area contributed by atoms with Crippen molar-refractivity contribution in [2.24, 2.45) is 5.73 Å². The van der Waals surface area contributed by atoms with Crippen LogP contribution in [-0.2, 0) is 4.74 Å². The van der Waals surface area contributed by atoms with Crippen LogP contribution in [0, 0.1) is 0 Å². The van der Waals surface area contributed by atoms with Gasteiger partial charge in [-0.25, -0.2) is 0 Å². The third kappa shape index (κ3) is 4.09. The van der Waals surface area contributed by atoms with E-state index in [1.54, 1.807) is 0 Å². The van der Waals surface area contributed by atoms with Crippen LogP contribution in [0.15, 0.2) is 4.52 Å². The van der Waals surface area contributed by atoms with Crippen LogP contribution >= 0.6 is 0 Å². The number of rotatable bonds is 8. The summed E-state index contributed by atoms with van der Waals surface area (Å²) in [7, 11) is 0. The summed E-state index contributed by atoms with van der Waals surface area (Å²) < 4.78 is 10.8. The second-order valence-electron chi connectivity index (χ2n) is 4.12. The predicted molar refractivity (Wildman–Crippen MR) is 65.4 cm³/mol. The Hall–Kier alpha value is -0.940. The van der Waals surface area contributed by atoms with E-state index in [1.165, 1.54) is 0 Å². The van der Waals surface area contributed by atoms with Crippen LogP contribution in [-0.4, -0.2) is 16.7 Å². The Bertz CT molecular complexity index is 308. The number of hydrogen-bond donors (Lipinski definition) is 1. The van der Waals surface area contributed by atoms with Crippen molar-refractivity contribution in [1.82, 2.24) is 10.1 Å². The summed E-state index contributed by atoms with van der Waals surface area (Å²) in [6.07, 6.45) is 3.71. The molecule has 0 saturated carbocycles. The highest BCUT2D eigenvalue weighted by molar-refractivity contribution is 4.95. The first-order valence-electron chi connectivity index (χ1n) is 6.43. The van der Waals surface area contributed by atoms with Gasteiger partial charge in [-0.2, -0.15) is 4.98 Å². The minimum atomic E-state index is -0.162. The van der Waals surface area contributed by atoms with Gasteiger partial charge in [-0.05, 0) is 19.8 Å². The lowest BCUT2D eigenvalue weighted by Crippen LogP contribution is -2.11. The van der Waals surface area contributed by atoms with E-state index in [1.807, 2.05) is 6.92 Å². The van der Waals surface area contributed by atoms with E-state index in [0.717, 1.165) is 25.7 Å². The quantitative estimate of drug-likeness (QED) is 0.757. The van der Waals surface area contributed by atoms with Crippen molar-refractivity contribution in [2.75, 3.05) is 6.61 Å². The van der Waals surface area contributed by atoms with Crippen molar-refractivity contribution >= 4 is 0 Å². The topological polar surface area (TPSA) is 74.2 Å². The molecule has 1 aromatic heterocycles. The molecule has 0 aliphatic carbocycles. The zero-order chi connectivity index (χ0) is 12.7. The molecular weight excluding hydrogens is 218 g/mol. The molecule has 0 bridgehead atoms. The van der Waals surface area contributed by atoms with E-state index >= 15 is 0 Å². The normalized spacial score (nSPS) is 14.8. The van der Waals surface area contributed by atoms with Crippen LogP contribution < -0.4 is 5.73 Å². The monoisotopic (exact) mass is 241 g/mol. The SMILES string of the molecule is CCCC(OCC)c1noc([C@H](N)CCC)n1.